The lowest BCUT2D eigenvalue weighted by Crippen LogP contribution is -2.58. The number of carbonyl (C=O) groups excluding carboxylic acids is 3. The Balaban J connectivity index is 3.03. The molecule has 0 saturated heterocycles. The van der Waals surface area contributed by atoms with Gasteiger partial charge < -0.3 is 42.0 Å². The highest BCUT2D eigenvalue weighted by Crippen LogP contribution is 2.03. The summed E-state index contributed by atoms with van der Waals surface area (Å²) in [5, 5.41) is 34.1. The number of amides is 3. The maximum Gasteiger partial charge on any atom is 0.328 e. The molecular formula is C16H24N6O8. The lowest BCUT2D eigenvalue weighted by Gasteiger charge is -2.24. The van der Waals surface area contributed by atoms with Crippen molar-refractivity contribution in [3.8, 4) is 0 Å². The molecule has 0 bridgehead atoms. The summed E-state index contributed by atoms with van der Waals surface area (Å²) in [7, 11) is 0. The average molecular weight is 428 g/mol. The van der Waals surface area contributed by atoms with Crippen LogP contribution in [0.3, 0.4) is 0 Å². The summed E-state index contributed by atoms with van der Waals surface area (Å²) in [5.41, 5.74) is 5.56. The minimum atomic E-state index is -1.65. The topological polar surface area (TPSA) is 237 Å². The second-order valence-corrected chi connectivity index (χ2v) is 6.33. The third kappa shape index (κ3) is 7.84. The lowest BCUT2D eigenvalue weighted by atomic mass is 10.1. The van der Waals surface area contributed by atoms with Crippen LogP contribution in [0.2, 0.25) is 0 Å². The average Bonchev–Trinajstić information content (AvgIpc) is 3.16. The minimum Gasteiger partial charge on any atom is -0.481 e. The molecule has 0 saturated carbocycles. The molecule has 0 aliphatic heterocycles. The molecule has 1 rings (SSSR count). The van der Waals surface area contributed by atoms with Gasteiger partial charge >= 0.3 is 11.9 Å². The van der Waals surface area contributed by atoms with Crippen molar-refractivity contribution in [3.05, 3.63) is 18.2 Å². The third-order valence-electron chi connectivity index (χ3n) is 3.87. The van der Waals surface area contributed by atoms with Gasteiger partial charge in [-0.15, -0.1) is 0 Å². The van der Waals surface area contributed by atoms with E-state index in [-0.39, 0.29) is 6.42 Å². The Labute approximate surface area is 170 Å². The number of carboxylic acids is 2. The van der Waals surface area contributed by atoms with Crippen molar-refractivity contribution in [2.24, 2.45) is 5.73 Å². The van der Waals surface area contributed by atoms with Gasteiger partial charge in [-0.2, -0.15) is 0 Å². The fourth-order valence-electron chi connectivity index (χ4n) is 2.38. The quantitative estimate of drug-likeness (QED) is 0.162. The van der Waals surface area contributed by atoms with Crippen LogP contribution in [0.25, 0.3) is 0 Å². The fourth-order valence-corrected chi connectivity index (χ4v) is 2.38. The van der Waals surface area contributed by atoms with E-state index in [1.807, 2.05) is 0 Å². The van der Waals surface area contributed by atoms with Gasteiger partial charge in [-0.3, -0.25) is 19.2 Å². The van der Waals surface area contributed by atoms with Crippen LogP contribution in [0.4, 0.5) is 0 Å². The second-order valence-electron chi connectivity index (χ2n) is 6.33. The van der Waals surface area contributed by atoms with E-state index in [0.717, 1.165) is 6.92 Å². The Bertz CT molecular complexity index is 766. The van der Waals surface area contributed by atoms with E-state index >= 15 is 0 Å². The molecule has 30 heavy (non-hydrogen) atoms. The van der Waals surface area contributed by atoms with Gasteiger partial charge in [0.05, 0.1) is 25.4 Å². The van der Waals surface area contributed by atoms with Crippen molar-refractivity contribution in [2.75, 3.05) is 6.54 Å². The molecule has 4 atom stereocenters. The van der Waals surface area contributed by atoms with Crippen molar-refractivity contribution < 1.29 is 39.3 Å². The number of H-pyrrole nitrogens is 1. The van der Waals surface area contributed by atoms with Crippen LogP contribution in [-0.2, 0) is 30.4 Å². The van der Waals surface area contributed by atoms with Crippen LogP contribution >= 0.6 is 0 Å². The van der Waals surface area contributed by atoms with Crippen molar-refractivity contribution in [1.82, 2.24) is 25.9 Å². The highest BCUT2D eigenvalue weighted by Gasteiger charge is 2.32. The molecule has 166 valence electrons. The summed E-state index contributed by atoms with van der Waals surface area (Å²) in [4.78, 5) is 65.3. The van der Waals surface area contributed by atoms with Crippen LogP contribution in [0.5, 0.6) is 0 Å². The Hall–Kier alpha value is -3.52. The van der Waals surface area contributed by atoms with Crippen LogP contribution in [0.15, 0.2) is 12.5 Å². The summed E-state index contributed by atoms with van der Waals surface area (Å²) in [6, 6.07) is -4.54. The first-order chi connectivity index (χ1) is 14.0. The molecule has 1 aromatic heterocycles. The molecule has 3 amide bonds. The second kappa shape index (κ2) is 11.5. The monoisotopic (exact) mass is 428 g/mol. The Morgan fingerprint density at radius 2 is 1.73 bits per heavy atom. The molecule has 1 aromatic rings. The van der Waals surface area contributed by atoms with Crippen molar-refractivity contribution in [3.63, 3.8) is 0 Å². The number of carboxylic acid groups (broad SMARTS) is 2. The van der Waals surface area contributed by atoms with E-state index in [1.165, 1.54) is 12.5 Å². The van der Waals surface area contributed by atoms with E-state index in [1.54, 1.807) is 0 Å². The SMILES string of the molecule is CC(O)C(NC(=O)C(Cc1cnc[nH]1)NC(=O)C(CC(=O)O)NC(=O)CN)C(=O)O. The number of hydrogen-bond donors (Lipinski definition) is 8. The van der Waals surface area contributed by atoms with Gasteiger partial charge in [-0.05, 0) is 6.92 Å². The molecule has 14 heteroatoms. The molecule has 14 nitrogen and oxygen atoms in total. The van der Waals surface area contributed by atoms with Gasteiger partial charge in [0, 0.05) is 18.3 Å². The summed E-state index contributed by atoms with van der Waals surface area (Å²) < 4.78 is 0. The third-order valence-corrected chi connectivity index (χ3v) is 3.87. The normalized spacial score (nSPS) is 14.6. The maximum atomic E-state index is 12.6. The molecule has 0 aromatic carbocycles. The zero-order valence-corrected chi connectivity index (χ0v) is 16.0. The standard InChI is InChI=1S/C16H24N6O8/c1-7(23)13(16(29)30)22-15(28)9(2-8-5-18-6-19-8)21-14(27)10(3-12(25)26)20-11(24)4-17/h5-7,9-10,13,23H,2-4,17H2,1H3,(H,18,19)(H,20,24)(H,21,27)(H,22,28)(H,25,26)(H,29,30). The molecule has 0 spiro atoms. The van der Waals surface area contributed by atoms with Gasteiger partial charge in [0.1, 0.15) is 12.1 Å². The number of aliphatic hydroxyl groups excluding tert-OH is 1. The number of aliphatic carboxylic acids is 2. The summed E-state index contributed by atoms with van der Waals surface area (Å²) in [5.74, 6) is -5.62. The number of aliphatic hydroxyl groups is 1. The van der Waals surface area contributed by atoms with Crippen LogP contribution in [-0.4, -0.2) is 85.7 Å². The van der Waals surface area contributed by atoms with Crippen LogP contribution in [0, 0.1) is 0 Å². The zero-order valence-electron chi connectivity index (χ0n) is 16.0. The smallest absolute Gasteiger partial charge is 0.328 e. The Kier molecular flexibility index (Phi) is 9.38. The maximum absolute atomic E-state index is 12.6. The number of nitrogens with zero attached hydrogens (tertiary/aromatic N) is 1. The highest BCUT2D eigenvalue weighted by atomic mass is 16.4. The zero-order chi connectivity index (χ0) is 22.8. The molecule has 1 heterocycles. The number of carbonyl (C=O) groups is 5. The molecule has 0 radical (unpaired) electrons. The van der Waals surface area contributed by atoms with Crippen molar-refractivity contribution in [2.45, 2.75) is 44.0 Å². The van der Waals surface area contributed by atoms with Crippen LogP contribution in [0.1, 0.15) is 19.0 Å². The first-order valence-corrected chi connectivity index (χ1v) is 8.75. The predicted octanol–water partition coefficient (Wildman–Crippen LogP) is -3.69. The molecular weight excluding hydrogens is 404 g/mol. The van der Waals surface area contributed by atoms with E-state index < -0.39 is 66.9 Å². The Morgan fingerprint density at radius 1 is 1.10 bits per heavy atom. The minimum absolute atomic E-state index is 0.158. The summed E-state index contributed by atoms with van der Waals surface area (Å²) in [6.45, 7) is 0.670. The number of aromatic nitrogens is 2. The number of hydrogen-bond acceptors (Lipinski definition) is 8. The molecule has 4 unspecified atom stereocenters. The summed E-state index contributed by atoms with van der Waals surface area (Å²) in [6.07, 6.45) is 0.311. The van der Waals surface area contributed by atoms with Crippen LogP contribution < -0.4 is 21.7 Å². The summed E-state index contributed by atoms with van der Waals surface area (Å²) >= 11 is 0. The van der Waals surface area contributed by atoms with Crippen molar-refractivity contribution >= 4 is 29.7 Å². The largest absolute Gasteiger partial charge is 0.481 e. The fraction of sp³-hybridized carbons (Fsp3) is 0.500. The van der Waals surface area contributed by atoms with E-state index in [4.69, 9.17) is 15.9 Å². The lowest BCUT2D eigenvalue weighted by molar-refractivity contribution is -0.145. The first-order valence-electron chi connectivity index (χ1n) is 8.75. The van der Waals surface area contributed by atoms with E-state index in [9.17, 15) is 29.1 Å². The number of aromatic amines is 1. The number of rotatable bonds is 12. The predicted molar refractivity (Wildman–Crippen MR) is 98.7 cm³/mol. The number of nitrogens with one attached hydrogen (secondary N) is 4. The molecule has 0 fully saturated rings. The van der Waals surface area contributed by atoms with Crippen molar-refractivity contribution in [1.29, 1.82) is 0 Å². The first kappa shape index (κ1) is 24.5. The number of imidazole rings is 1. The molecule has 0 aliphatic carbocycles. The van der Waals surface area contributed by atoms with Gasteiger partial charge in [-0.25, -0.2) is 9.78 Å². The van der Waals surface area contributed by atoms with Gasteiger partial charge in [-0.1, -0.05) is 0 Å². The van der Waals surface area contributed by atoms with E-state index in [0.29, 0.717) is 5.69 Å². The highest BCUT2D eigenvalue weighted by molar-refractivity contribution is 5.95. The Morgan fingerprint density at radius 3 is 2.20 bits per heavy atom. The van der Waals surface area contributed by atoms with Gasteiger partial charge in [0.15, 0.2) is 6.04 Å². The van der Waals surface area contributed by atoms with Gasteiger partial charge in [0.25, 0.3) is 0 Å². The van der Waals surface area contributed by atoms with E-state index in [2.05, 4.69) is 25.9 Å². The molecule has 9 N–H and O–H groups in total. The number of nitrogens with two attached hydrogens (primary N) is 1. The van der Waals surface area contributed by atoms with Gasteiger partial charge in [0.2, 0.25) is 17.7 Å². The molecule has 0 aliphatic rings.